The lowest BCUT2D eigenvalue weighted by atomic mass is 9.95. The molecule has 2 N–H and O–H groups in total. The number of nitrogens with one attached hydrogen (secondary N) is 2. The third-order valence-corrected chi connectivity index (χ3v) is 5.06. The minimum Gasteiger partial charge on any atom is -0.457 e. The zero-order chi connectivity index (χ0) is 20.8. The quantitative estimate of drug-likeness (QED) is 0.700. The van der Waals surface area contributed by atoms with Crippen LogP contribution in [0.5, 0.6) is 0 Å². The Labute approximate surface area is 171 Å². The van der Waals surface area contributed by atoms with E-state index in [1.165, 1.54) is 0 Å². The molecule has 2 aromatic rings. The topological polar surface area (TPSA) is 70.7 Å². The van der Waals surface area contributed by atoms with E-state index in [9.17, 15) is 9.59 Å². The van der Waals surface area contributed by atoms with E-state index < -0.39 is 12.0 Å². The molecule has 0 radical (unpaired) electrons. The minimum absolute atomic E-state index is 0.179. The molecule has 1 aliphatic rings. The van der Waals surface area contributed by atoms with Gasteiger partial charge in [0.1, 0.15) is 6.61 Å². The van der Waals surface area contributed by atoms with Gasteiger partial charge in [-0.15, -0.1) is 0 Å². The third-order valence-electron chi connectivity index (χ3n) is 5.06. The summed E-state index contributed by atoms with van der Waals surface area (Å²) >= 11 is 0. The molecule has 6 nitrogen and oxygen atoms in total. The standard InChI is InChI=1S/C23H27N3O3/c1-4-26(5-2)19-13-11-18(12-14-19)21-20(16(3)24-23(28)25-21)22(27)29-15-17-9-7-6-8-10-17/h6-14,21H,4-5,15H2,1-3H3,(H2,24,25,28). The number of urea groups is 1. The average molecular weight is 393 g/mol. The molecular formula is C23H27N3O3. The molecule has 1 heterocycles. The van der Waals surface area contributed by atoms with Crippen molar-refractivity contribution in [3.05, 3.63) is 77.0 Å². The summed E-state index contributed by atoms with van der Waals surface area (Å²) in [6.07, 6.45) is 0. The van der Waals surface area contributed by atoms with Crippen molar-refractivity contribution in [3.8, 4) is 0 Å². The average Bonchev–Trinajstić information content (AvgIpc) is 2.73. The molecule has 0 fully saturated rings. The van der Waals surface area contributed by atoms with E-state index in [0.717, 1.165) is 29.9 Å². The molecule has 2 aromatic carbocycles. The van der Waals surface area contributed by atoms with Crippen molar-refractivity contribution in [3.63, 3.8) is 0 Å². The molecule has 1 atom stereocenters. The van der Waals surface area contributed by atoms with Crippen molar-refractivity contribution in [2.45, 2.75) is 33.4 Å². The van der Waals surface area contributed by atoms with Gasteiger partial charge in [-0.1, -0.05) is 42.5 Å². The van der Waals surface area contributed by atoms with E-state index in [1.54, 1.807) is 6.92 Å². The van der Waals surface area contributed by atoms with Crippen LogP contribution in [0.4, 0.5) is 10.5 Å². The van der Waals surface area contributed by atoms with E-state index in [4.69, 9.17) is 4.74 Å². The summed E-state index contributed by atoms with van der Waals surface area (Å²) in [4.78, 5) is 27.2. The number of carbonyl (C=O) groups is 2. The van der Waals surface area contributed by atoms with Gasteiger partial charge in [-0.2, -0.15) is 0 Å². The number of rotatable bonds is 7. The molecule has 2 amide bonds. The highest BCUT2D eigenvalue weighted by Crippen LogP contribution is 2.29. The summed E-state index contributed by atoms with van der Waals surface area (Å²) in [6.45, 7) is 7.94. The third kappa shape index (κ3) is 4.77. The monoisotopic (exact) mass is 393 g/mol. The van der Waals surface area contributed by atoms with Gasteiger partial charge in [-0.05, 0) is 44.0 Å². The minimum atomic E-state index is -0.558. The van der Waals surface area contributed by atoms with Gasteiger partial charge in [0.25, 0.3) is 0 Å². The Morgan fingerprint density at radius 2 is 1.69 bits per heavy atom. The second kappa shape index (κ2) is 9.28. The maximum atomic E-state index is 12.9. The van der Waals surface area contributed by atoms with Crippen molar-refractivity contribution < 1.29 is 14.3 Å². The molecule has 0 aliphatic carbocycles. The number of anilines is 1. The molecule has 29 heavy (non-hydrogen) atoms. The fraction of sp³-hybridized carbons (Fsp3) is 0.304. The van der Waals surface area contributed by atoms with E-state index in [-0.39, 0.29) is 12.6 Å². The van der Waals surface area contributed by atoms with Gasteiger partial charge in [-0.3, -0.25) is 0 Å². The Morgan fingerprint density at radius 1 is 1.03 bits per heavy atom. The highest BCUT2D eigenvalue weighted by molar-refractivity contribution is 5.95. The summed E-state index contributed by atoms with van der Waals surface area (Å²) in [5, 5.41) is 5.52. The van der Waals surface area contributed by atoms with Gasteiger partial charge in [0.05, 0.1) is 11.6 Å². The van der Waals surface area contributed by atoms with Crippen molar-refractivity contribution in [2.24, 2.45) is 0 Å². The molecular weight excluding hydrogens is 366 g/mol. The highest BCUT2D eigenvalue weighted by atomic mass is 16.5. The van der Waals surface area contributed by atoms with Crippen molar-refractivity contribution in [2.75, 3.05) is 18.0 Å². The van der Waals surface area contributed by atoms with Crippen LogP contribution in [0.1, 0.15) is 37.9 Å². The van der Waals surface area contributed by atoms with Crippen LogP contribution in [0.15, 0.2) is 65.9 Å². The van der Waals surface area contributed by atoms with Gasteiger partial charge in [0.2, 0.25) is 0 Å². The predicted octanol–water partition coefficient (Wildman–Crippen LogP) is 3.90. The molecule has 0 saturated heterocycles. The van der Waals surface area contributed by atoms with E-state index >= 15 is 0 Å². The molecule has 3 rings (SSSR count). The Balaban J connectivity index is 1.82. The zero-order valence-corrected chi connectivity index (χ0v) is 17.1. The summed E-state index contributed by atoms with van der Waals surface area (Å²) in [6, 6.07) is 16.5. The molecule has 6 heteroatoms. The second-order valence-electron chi connectivity index (χ2n) is 6.90. The van der Waals surface area contributed by atoms with Gasteiger partial charge < -0.3 is 20.3 Å². The molecule has 0 aromatic heterocycles. The second-order valence-corrected chi connectivity index (χ2v) is 6.90. The molecule has 0 bridgehead atoms. The molecule has 0 spiro atoms. The number of ether oxygens (including phenoxy) is 1. The summed E-state index contributed by atoms with van der Waals surface area (Å²) in [5.41, 5.74) is 3.77. The number of hydrogen-bond acceptors (Lipinski definition) is 4. The maximum absolute atomic E-state index is 12.9. The van der Waals surface area contributed by atoms with Gasteiger partial charge >= 0.3 is 12.0 Å². The largest absolute Gasteiger partial charge is 0.457 e. The Kier molecular flexibility index (Phi) is 6.54. The Bertz CT molecular complexity index is 887. The number of amides is 2. The first-order chi connectivity index (χ1) is 14.0. The number of hydrogen-bond donors (Lipinski definition) is 2. The lowest BCUT2D eigenvalue weighted by Crippen LogP contribution is -2.45. The van der Waals surface area contributed by atoms with Crippen molar-refractivity contribution >= 4 is 17.7 Å². The number of esters is 1. The van der Waals surface area contributed by atoms with Crippen LogP contribution in [0.3, 0.4) is 0 Å². The van der Waals surface area contributed by atoms with Gasteiger partial charge in [0, 0.05) is 24.5 Å². The lowest BCUT2D eigenvalue weighted by Gasteiger charge is -2.29. The van der Waals surface area contributed by atoms with Crippen LogP contribution in [0.25, 0.3) is 0 Å². The zero-order valence-electron chi connectivity index (χ0n) is 17.1. The van der Waals surface area contributed by atoms with Crippen molar-refractivity contribution in [1.29, 1.82) is 0 Å². The summed E-state index contributed by atoms with van der Waals surface area (Å²) < 4.78 is 5.53. The van der Waals surface area contributed by atoms with E-state index in [0.29, 0.717) is 11.3 Å². The lowest BCUT2D eigenvalue weighted by molar-refractivity contribution is -0.140. The first kappa shape index (κ1) is 20.5. The summed E-state index contributed by atoms with van der Waals surface area (Å²) in [5.74, 6) is -0.448. The number of carbonyl (C=O) groups excluding carboxylic acids is 2. The van der Waals surface area contributed by atoms with Crippen LogP contribution >= 0.6 is 0 Å². The van der Waals surface area contributed by atoms with Crippen LogP contribution in [0.2, 0.25) is 0 Å². The molecule has 1 unspecified atom stereocenters. The van der Waals surface area contributed by atoms with Crippen molar-refractivity contribution in [1.82, 2.24) is 10.6 Å². The van der Waals surface area contributed by atoms with E-state index in [1.807, 2.05) is 54.6 Å². The summed E-state index contributed by atoms with van der Waals surface area (Å²) in [7, 11) is 0. The number of nitrogens with zero attached hydrogens (tertiary/aromatic N) is 1. The molecule has 152 valence electrons. The van der Waals surface area contributed by atoms with Gasteiger partial charge in [-0.25, -0.2) is 9.59 Å². The van der Waals surface area contributed by atoms with E-state index in [2.05, 4.69) is 29.4 Å². The number of benzene rings is 2. The predicted molar refractivity (Wildman–Crippen MR) is 113 cm³/mol. The molecule has 0 saturated carbocycles. The Hall–Kier alpha value is -3.28. The highest BCUT2D eigenvalue weighted by Gasteiger charge is 2.32. The maximum Gasteiger partial charge on any atom is 0.338 e. The number of allylic oxidation sites excluding steroid dienone is 1. The van der Waals surface area contributed by atoms with Crippen LogP contribution in [0, 0.1) is 0 Å². The fourth-order valence-electron chi connectivity index (χ4n) is 3.48. The SMILES string of the molecule is CCN(CC)c1ccc(C2NC(=O)NC(C)=C2C(=O)OCc2ccccc2)cc1. The van der Waals surface area contributed by atoms with Crippen LogP contribution in [-0.2, 0) is 16.1 Å². The van der Waals surface area contributed by atoms with Crippen LogP contribution < -0.4 is 15.5 Å². The normalized spacial score (nSPS) is 16.1. The van der Waals surface area contributed by atoms with Gasteiger partial charge in [0.15, 0.2) is 0 Å². The smallest absolute Gasteiger partial charge is 0.338 e. The van der Waals surface area contributed by atoms with Crippen LogP contribution in [-0.4, -0.2) is 25.1 Å². The fourth-order valence-corrected chi connectivity index (χ4v) is 3.48. The first-order valence-electron chi connectivity index (χ1n) is 9.87. The Morgan fingerprint density at radius 3 is 2.31 bits per heavy atom. The first-order valence-corrected chi connectivity index (χ1v) is 9.87. The molecule has 1 aliphatic heterocycles.